The number of carbonyl (C=O) groups is 1. The summed E-state index contributed by atoms with van der Waals surface area (Å²) in [4.78, 5) is 24.2. The van der Waals surface area contributed by atoms with Crippen molar-refractivity contribution < 1.29 is 14.3 Å². The molecule has 0 saturated heterocycles. The summed E-state index contributed by atoms with van der Waals surface area (Å²) in [5.41, 5.74) is 2.88. The molecule has 2 aromatic heterocycles. The first-order chi connectivity index (χ1) is 12.1. The molecule has 8 heteroatoms. The maximum absolute atomic E-state index is 11.8. The molecule has 8 nitrogen and oxygen atoms in total. The Labute approximate surface area is 140 Å². The zero-order valence-corrected chi connectivity index (χ0v) is 12.9. The Bertz CT molecular complexity index is 1120. The van der Waals surface area contributed by atoms with Crippen LogP contribution in [0.4, 0.5) is 0 Å². The third-order valence-corrected chi connectivity index (χ3v) is 3.74. The van der Waals surface area contributed by atoms with Crippen LogP contribution in [0.25, 0.3) is 28.0 Å². The van der Waals surface area contributed by atoms with E-state index in [0.29, 0.717) is 22.4 Å². The summed E-state index contributed by atoms with van der Waals surface area (Å²) in [6.07, 6.45) is 1.61. The number of aromatic nitrogens is 4. The van der Waals surface area contributed by atoms with E-state index in [2.05, 4.69) is 10.2 Å². The van der Waals surface area contributed by atoms with Crippen LogP contribution in [0.3, 0.4) is 0 Å². The van der Waals surface area contributed by atoms with Gasteiger partial charge in [-0.05, 0) is 24.3 Å². The van der Waals surface area contributed by atoms with Crippen molar-refractivity contribution in [2.45, 2.75) is 6.54 Å². The third kappa shape index (κ3) is 2.69. The molecule has 0 radical (unpaired) electrons. The average molecular weight is 336 g/mol. The second kappa shape index (κ2) is 5.75. The highest BCUT2D eigenvalue weighted by molar-refractivity contribution is 5.80. The lowest BCUT2D eigenvalue weighted by Crippen LogP contribution is -2.19. The minimum absolute atomic E-state index is 0.304. The zero-order valence-electron chi connectivity index (χ0n) is 12.9. The molecule has 0 atom stereocenters. The second-order valence-electron chi connectivity index (χ2n) is 5.39. The molecule has 2 heterocycles. The van der Waals surface area contributed by atoms with Gasteiger partial charge in [0.2, 0.25) is 0 Å². The van der Waals surface area contributed by atoms with Gasteiger partial charge in [-0.3, -0.25) is 9.36 Å². The molecular weight excluding hydrogens is 324 g/mol. The van der Waals surface area contributed by atoms with Crippen molar-refractivity contribution in [3.63, 3.8) is 0 Å². The smallest absolute Gasteiger partial charge is 0.420 e. The van der Waals surface area contributed by atoms with Crippen molar-refractivity contribution in [2.24, 2.45) is 0 Å². The number of para-hydroxylation sites is 1. The maximum atomic E-state index is 11.8. The summed E-state index contributed by atoms with van der Waals surface area (Å²) < 4.78 is 6.21. The molecule has 0 aliphatic heterocycles. The van der Waals surface area contributed by atoms with Gasteiger partial charge in [-0.25, -0.2) is 4.79 Å². The Balaban J connectivity index is 1.74. The van der Waals surface area contributed by atoms with Gasteiger partial charge in [0.25, 0.3) is 0 Å². The first-order valence-electron chi connectivity index (χ1n) is 7.45. The lowest BCUT2D eigenvalue weighted by atomic mass is 10.1. The molecular formula is C17H12N4O4. The van der Waals surface area contributed by atoms with E-state index in [1.54, 1.807) is 24.4 Å². The highest BCUT2D eigenvalue weighted by atomic mass is 16.4. The fraction of sp³-hybridized carbons (Fsp3) is 0.0588. The number of hydrogen-bond donors (Lipinski definition) is 1. The Morgan fingerprint density at radius 3 is 2.72 bits per heavy atom. The molecule has 0 spiro atoms. The van der Waals surface area contributed by atoms with Gasteiger partial charge in [0, 0.05) is 5.56 Å². The van der Waals surface area contributed by atoms with Gasteiger partial charge >= 0.3 is 11.7 Å². The lowest BCUT2D eigenvalue weighted by molar-refractivity contribution is -0.137. The van der Waals surface area contributed by atoms with Gasteiger partial charge in [-0.1, -0.05) is 24.3 Å². The number of hydrogen-bond acceptors (Lipinski definition) is 5. The summed E-state index contributed by atoms with van der Waals surface area (Å²) in [6, 6.07) is 14.5. The van der Waals surface area contributed by atoms with Gasteiger partial charge < -0.3 is 9.52 Å². The molecule has 0 amide bonds. The largest absolute Gasteiger partial charge is 0.480 e. The van der Waals surface area contributed by atoms with Crippen LogP contribution < -0.4 is 5.76 Å². The molecule has 4 aromatic rings. The van der Waals surface area contributed by atoms with Crippen molar-refractivity contribution in [3.8, 4) is 16.9 Å². The first kappa shape index (κ1) is 14.9. The predicted molar refractivity (Wildman–Crippen MR) is 88.5 cm³/mol. The number of carboxylic acids is 1. The molecule has 25 heavy (non-hydrogen) atoms. The van der Waals surface area contributed by atoms with Crippen molar-refractivity contribution in [3.05, 3.63) is 65.3 Å². The Kier molecular flexibility index (Phi) is 3.42. The molecule has 124 valence electrons. The molecule has 0 bridgehead atoms. The molecule has 1 N–H and O–H groups in total. The standard InChI is InChI=1S/C17H12N4O4/c22-16(23)10-20-14-7-6-11(8-15(14)25-17(20)24)13-9-18-21(19-13)12-4-2-1-3-5-12/h1-9H,10H2,(H,22,23). The van der Waals surface area contributed by atoms with Gasteiger partial charge in [0.05, 0.1) is 17.4 Å². The number of fused-ring (bicyclic) bond motifs is 1. The van der Waals surface area contributed by atoms with Crippen molar-refractivity contribution in [1.29, 1.82) is 0 Å². The Hall–Kier alpha value is -3.68. The monoisotopic (exact) mass is 336 g/mol. The van der Waals surface area contributed by atoms with Crippen LogP contribution in [0.2, 0.25) is 0 Å². The van der Waals surface area contributed by atoms with E-state index in [9.17, 15) is 9.59 Å². The molecule has 0 saturated carbocycles. The Morgan fingerprint density at radius 1 is 1.16 bits per heavy atom. The Morgan fingerprint density at radius 2 is 1.96 bits per heavy atom. The van der Waals surface area contributed by atoms with E-state index in [-0.39, 0.29) is 0 Å². The first-order valence-corrected chi connectivity index (χ1v) is 7.45. The summed E-state index contributed by atoms with van der Waals surface area (Å²) in [5.74, 6) is -1.82. The molecule has 2 aromatic carbocycles. The summed E-state index contributed by atoms with van der Waals surface area (Å²) in [5, 5.41) is 17.5. The highest BCUT2D eigenvalue weighted by Gasteiger charge is 2.14. The topological polar surface area (TPSA) is 103 Å². The van der Waals surface area contributed by atoms with Crippen LogP contribution in [0.15, 0.2) is 63.9 Å². The minimum atomic E-state index is -1.11. The van der Waals surface area contributed by atoms with E-state index >= 15 is 0 Å². The van der Waals surface area contributed by atoms with Crippen LogP contribution in [-0.4, -0.2) is 30.6 Å². The lowest BCUT2D eigenvalue weighted by Gasteiger charge is -1.99. The van der Waals surface area contributed by atoms with E-state index in [1.807, 2.05) is 30.3 Å². The van der Waals surface area contributed by atoms with Crippen molar-refractivity contribution >= 4 is 17.1 Å². The van der Waals surface area contributed by atoms with Crippen molar-refractivity contribution in [2.75, 3.05) is 0 Å². The average Bonchev–Trinajstić information content (AvgIpc) is 3.21. The number of benzene rings is 2. The number of carboxylic acid groups (broad SMARTS) is 1. The third-order valence-electron chi connectivity index (χ3n) is 3.74. The van der Waals surface area contributed by atoms with Crippen LogP contribution in [0.5, 0.6) is 0 Å². The zero-order chi connectivity index (χ0) is 17.4. The molecule has 4 rings (SSSR count). The quantitative estimate of drug-likeness (QED) is 0.611. The summed E-state index contributed by atoms with van der Waals surface area (Å²) >= 11 is 0. The fourth-order valence-corrected chi connectivity index (χ4v) is 2.59. The van der Waals surface area contributed by atoms with E-state index in [0.717, 1.165) is 10.3 Å². The number of oxazole rings is 1. The predicted octanol–water partition coefficient (Wildman–Crippen LogP) is 1.93. The second-order valence-corrected chi connectivity index (χ2v) is 5.39. The molecule has 0 aliphatic carbocycles. The molecule has 0 fully saturated rings. The van der Waals surface area contributed by atoms with Crippen LogP contribution in [0, 0.1) is 0 Å². The highest BCUT2D eigenvalue weighted by Crippen LogP contribution is 2.22. The van der Waals surface area contributed by atoms with Crippen molar-refractivity contribution in [1.82, 2.24) is 19.6 Å². The summed E-state index contributed by atoms with van der Waals surface area (Å²) in [6.45, 7) is -0.449. The van der Waals surface area contributed by atoms with Gasteiger partial charge in [0.1, 0.15) is 12.2 Å². The number of rotatable bonds is 4. The van der Waals surface area contributed by atoms with Gasteiger partial charge in [-0.2, -0.15) is 9.90 Å². The number of nitrogens with zero attached hydrogens (tertiary/aromatic N) is 4. The fourth-order valence-electron chi connectivity index (χ4n) is 2.59. The molecule has 0 unspecified atom stereocenters. The van der Waals surface area contributed by atoms with Crippen LogP contribution in [-0.2, 0) is 11.3 Å². The van der Waals surface area contributed by atoms with Gasteiger partial charge in [0.15, 0.2) is 5.58 Å². The normalized spacial score (nSPS) is 11.0. The SMILES string of the molecule is O=C(O)Cn1c(=O)oc2cc(-c3cnn(-c4ccccc4)n3)ccc21. The van der Waals surface area contributed by atoms with E-state index < -0.39 is 18.3 Å². The van der Waals surface area contributed by atoms with Gasteiger partial charge in [-0.15, -0.1) is 5.10 Å². The van der Waals surface area contributed by atoms with Crippen LogP contribution in [0.1, 0.15) is 0 Å². The summed E-state index contributed by atoms with van der Waals surface area (Å²) in [7, 11) is 0. The van der Waals surface area contributed by atoms with E-state index in [4.69, 9.17) is 9.52 Å². The maximum Gasteiger partial charge on any atom is 0.420 e. The molecule has 0 aliphatic rings. The van der Waals surface area contributed by atoms with E-state index in [1.165, 1.54) is 4.80 Å². The van der Waals surface area contributed by atoms with Crippen LogP contribution >= 0.6 is 0 Å². The number of aliphatic carboxylic acids is 1. The minimum Gasteiger partial charge on any atom is -0.480 e.